The molecule has 0 N–H and O–H groups in total. The van der Waals surface area contributed by atoms with E-state index in [2.05, 4.69) is 10.8 Å². The minimum Gasteiger partial charge on any atom is -0.370 e. The number of hydrogen-bond acceptors (Lipinski definition) is 3. The van der Waals surface area contributed by atoms with Crippen LogP contribution in [0, 0.1) is 18.2 Å². The molecule has 0 bridgehead atoms. The summed E-state index contributed by atoms with van der Waals surface area (Å²) in [6.07, 6.45) is 8.11. The molecular formula is C19H22ClFN2O2. The third-order valence-corrected chi connectivity index (χ3v) is 5.18. The first-order chi connectivity index (χ1) is 12.1. The van der Waals surface area contributed by atoms with E-state index in [4.69, 9.17) is 22.8 Å². The molecule has 2 atom stereocenters. The molecule has 3 rings (SSSR count). The second-order valence-electron chi connectivity index (χ2n) is 6.50. The molecule has 1 aromatic rings. The Hall–Kier alpha value is -1.61. The number of nitrogens with zero attached hydrogens (tertiary/aromatic N) is 2. The van der Waals surface area contributed by atoms with E-state index < -0.39 is 5.82 Å². The van der Waals surface area contributed by atoms with Crippen LogP contribution in [-0.2, 0) is 9.53 Å². The second kappa shape index (κ2) is 8.18. The number of piperidine rings is 1. The van der Waals surface area contributed by atoms with Gasteiger partial charge in [-0.15, -0.1) is 6.42 Å². The van der Waals surface area contributed by atoms with Gasteiger partial charge in [0.2, 0.25) is 5.91 Å². The SMILES string of the molecule is C#CCN1CCCC[C@H]1C(=O)N1CCO[C@H](c2ccc(F)c(Cl)c2)C1. The van der Waals surface area contributed by atoms with Crippen molar-refractivity contribution in [1.29, 1.82) is 0 Å². The average molecular weight is 365 g/mol. The fourth-order valence-corrected chi connectivity index (χ4v) is 3.74. The fraction of sp³-hybridized carbons (Fsp3) is 0.526. The summed E-state index contributed by atoms with van der Waals surface area (Å²) in [6, 6.07) is 4.41. The van der Waals surface area contributed by atoms with Crippen LogP contribution >= 0.6 is 11.6 Å². The maximum Gasteiger partial charge on any atom is 0.240 e. The topological polar surface area (TPSA) is 32.8 Å². The first kappa shape index (κ1) is 18.2. The van der Waals surface area contributed by atoms with Crippen molar-refractivity contribution in [2.24, 2.45) is 0 Å². The highest BCUT2D eigenvalue weighted by Crippen LogP contribution is 2.27. The Labute approximate surface area is 152 Å². The number of morpholine rings is 1. The van der Waals surface area contributed by atoms with Gasteiger partial charge in [-0.25, -0.2) is 4.39 Å². The molecule has 0 aliphatic carbocycles. The molecule has 2 aliphatic heterocycles. The Bertz CT molecular complexity index is 676. The van der Waals surface area contributed by atoms with E-state index in [-0.39, 0.29) is 23.1 Å². The highest BCUT2D eigenvalue weighted by Gasteiger charge is 2.34. The number of amides is 1. The standard InChI is InChI=1S/C19H22ClFN2O2/c1-2-8-22-9-4-3-5-17(22)19(24)23-10-11-25-18(13-23)14-6-7-16(21)15(20)12-14/h1,6-7,12,17-18H,3-5,8-11,13H2/t17-,18-/m0/s1. The van der Waals surface area contributed by atoms with E-state index in [1.54, 1.807) is 12.1 Å². The lowest BCUT2D eigenvalue weighted by Gasteiger charge is -2.39. The Balaban J connectivity index is 1.70. The summed E-state index contributed by atoms with van der Waals surface area (Å²) in [6.45, 7) is 2.82. The van der Waals surface area contributed by atoms with Gasteiger partial charge in [0.05, 0.1) is 30.8 Å². The molecule has 2 heterocycles. The summed E-state index contributed by atoms with van der Waals surface area (Å²) in [5.41, 5.74) is 0.785. The number of rotatable bonds is 3. The molecule has 0 saturated carbocycles. The van der Waals surface area contributed by atoms with Gasteiger partial charge in [0, 0.05) is 6.54 Å². The van der Waals surface area contributed by atoms with Gasteiger partial charge in [-0.3, -0.25) is 9.69 Å². The summed E-state index contributed by atoms with van der Waals surface area (Å²) in [5, 5.41) is 0.0667. The molecule has 2 saturated heterocycles. The quantitative estimate of drug-likeness (QED) is 0.773. The molecule has 1 aromatic carbocycles. The Morgan fingerprint density at radius 2 is 2.24 bits per heavy atom. The van der Waals surface area contributed by atoms with E-state index in [0.717, 1.165) is 31.4 Å². The van der Waals surface area contributed by atoms with Crippen molar-refractivity contribution in [1.82, 2.24) is 9.80 Å². The van der Waals surface area contributed by atoms with Gasteiger partial charge in [-0.1, -0.05) is 30.0 Å². The van der Waals surface area contributed by atoms with Crippen LogP contribution in [0.2, 0.25) is 5.02 Å². The third kappa shape index (κ3) is 4.14. The van der Waals surface area contributed by atoms with Crippen molar-refractivity contribution in [3.05, 3.63) is 34.6 Å². The number of ether oxygens (including phenoxy) is 1. The van der Waals surface area contributed by atoms with Gasteiger partial charge >= 0.3 is 0 Å². The molecule has 2 fully saturated rings. The van der Waals surface area contributed by atoms with Crippen molar-refractivity contribution >= 4 is 17.5 Å². The predicted molar refractivity (Wildman–Crippen MR) is 94.7 cm³/mol. The molecule has 0 aromatic heterocycles. The van der Waals surface area contributed by atoms with E-state index in [1.807, 2.05) is 4.90 Å². The molecule has 6 heteroatoms. The first-order valence-corrected chi connectivity index (χ1v) is 9.01. The number of halogens is 2. The lowest BCUT2D eigenvalue weighted by Crippen LogP contribution is -2.53. The Morgan fingerprint density at radius 3 is 3.00 bits per heavy atom. The van der Waals surface area contributed by atoms with Crippen LogP contribution in [0.15, 0.2) is 18.2 Å². The highest BCUT2D eigenvalue weighted by molar-refractivity contribution is 6.30. The van der Waals surface area contributed by atoms with E-state index >= 15 is 0 Å². The van der Waals surface area contributed by atoms with Crippen molar-refractivity contribution in [2.45, 2.75) is 31.4 Å². The van der Waals surface area contributed by atoms with Crippen molar-refractivity contribution < 1.29 is 13.9 Å². The van der Waals surface area contributed by atoms with Crippen LogP contribution in [-0.4, -0.2) is 54.5 Å². The van der Waals surface area contributed by atoms with Crippen molar-refractivity contribution in [3.8, 4) is 12.3 Å². The highest BCUT2D eigenvalue weighted by atomic mass is 35.5. The summed E-state index contributed by atoms with van der Waals surface area (Å²) in [4.78, 5) is 16.9. The van der Waals surface area contributed by atoms with Crippen LogP contribution in [0.25, 0.3) is 0 Å². The third-order valence-electron chi connectivity index (χ3n) is 4.89. The maximum absolute atomic E-state index is 13.4. The maximum atomic E-state index is 13.4. The van der Waals surface area contributed by atoms with Crippen LogP contribution < -0.4 is 0 Å². The molecular weight excluding hydrogens is 343 g/mol. The van der Waals surface area contributed by atoms with E-state index in [1.165, 1.54) is 6.07 Å². The number of carbonyl (C=O) groups excluding carboxylic acids is 1. The van der Waals surface area contributed by atoms with Gasteiger partial charge in [0.25, 0.3) is 0 Å². The predicted octanol–water partition coefficient (Wildman–Crippen LogP) is 2.87. The van der Waals surface area contributed by atoms with Gasteiger partial charge in [-0.05, 0) is 37.1 Å². The van der Waals surface area contributed by atoms with Crippen LogP contribution in [0.3, 0.4) is 0 Å². The molecule has 0 radical (unpaired) electrons. The molecule has 1 amide bonds. The zero-order chi connectivity index (χ0) is 17.8. The largest absolute Gasteiger partial charge is 0.370 e. The zero-order valence-electron chi connectivity index (χ0n) is 14.1. The van der Waals surface area contributed by atoms with Gasteiger partial charge in [-0.2, -0.15) is 0 Å². The molecule has 4 nitrogen and oxygen atoms in total. The van der Waals surface area contributed by atoms with E-state index in [0.29, 0.717) is 26.2 Å². The molecule has 25 heavy (non-hydrogen) atoms. The summed E-state index contributed by atoms with van der Waals surface area (Å²) in [5.74, 6) is 2.30. The molecule has 134 valence electrons. The smallest absolute Gasteiger partial charge is 0.240 e. The molecule has 2 aliphatic rings. The van der Waals surface area contributed by atoms with Gasteiger partial charge < -0.3 is 9.64 Å². The second-order valence-corrected chi connectivity index (χ2v) is 6.91. The van der Waals surface area contributed by atoms with Gasteiger partial charge in [0.1, 0.15) is 11.9 Å². The number of carbonyl (C=O) groups is 1. The van der Waals surface area contributed by atoms with Crippen LogP contribution in [0.5, 0.6) is 0 Å². The lowest BCUT2D eigenvalue weighted by molar-refractivity contribution is -0.145. The molecule has 0 spiro atoms. The van der Waals surface area contributed by atoms with Gasteiger partial charge in [0.15, 0.2) is 0 Å². The zero-order valence-corrected chi connectivity index (χ0v) is 14.8. The van der Waals surface area contributed by atoms with E-state index in [9.17, 15) is 9.18 Å². The minimum absolute atomic E-state index is 0.0667. The average Bonchev–Trinajstić information content (AvgIpc) is 2.64. The Morgan fingerprint density at radius 1 is 1.40 bits per heavy atom. The fourth-order valence-electron chi connectivity index (χ4n) is 3.55. The summed E-state index contributed by atoms with van der Waals surface area (Å²) < 4.78 is 19.2. The molecule has 0 unspecified atom stereocenters. The van der Waals surface area contributed by atoms with Crippen LogP contribution in [0.4, 0.5) is 4.39 Å². The van der Waals surface area contributed by atoms with Crippen LogP contribution in [0.1, 0.15) is 30.9 Å². The number of likely N-dealkylation sites (tertiary alicyclic amines) is 1. The summed E-state index contributed by atoms with van der Waals surface area (Å²) >= 11 is 5.87. The first-order valence-electron chi connectivity index (χ1n) is 8.63. The van der Waals surface area contributed by atoms with Crippen molar-refractivity contribution in [3.63, 3.8) is 0 Å². The minimum atomic E-state index is -0.457. The summed E-state index contributed by atoms with van der Waals surface area (Å²) in [7, 11) is 0. The van der Waals surface area contributed by atoms with Crippen molar-refractivity contribution in [2.75, 3.05) is 32.8 Å². The lowest BCUT2D eigenvalue weighted by atomic mass is 10.00. The number of terminal acetylenes is 1. The normalized spacial score (nSPS) is 24.8. The Kier molecular flexibility index (Phi) is 5.95. The number of hydrogen-bond donors (Lipinski definition) is 0. The number of benzene rings is 1. The monoisotopic (exact) mass is 364 g/mol.